The van der Waals surface area contributed by atoms with Crippen LogP contribution in [-0.4, -0.2) is 68.2 Å². The maximum absolute atomic E-state index is 13.0. The van der Waals surface area contributed by atoms with Crippen LogP contribution in [-0.2, 0) is 19.6 Å². The highest BCUT2D eigenvalue weighted by atomic mass is 32.2. The van der Waals surface area contributed by atoms with Crippen LogP contribution >= 0.6 is 0 Å². The summed E-state index contributed by atoms with van der Waals surface area (Å²) in [6.07, 6.45) is -0.379. The predicted molar refractivity (Wildman–Crippen MR) is 111 cm³/mol. The summed E-state index contributed by atoms with van der Waals surface area (Å²) < 4.78 is 45.1. The molecule has 168 valence electrons. The molecule has 1 aromatic rings. The van der Waals surface area contributed by atoms with Crippen LogP contribution in [0.2, 0.25) is 0 Å². The Morgan fingerprint density at radius 3 is 2.27 bits per heavy atom. The molecule has 30 heavy (non-hydrogen) atoms. The van der Waals surface area contributed by atoms with E-state index in [0.717, 1.165) is 12.1 Å². The zero-order chi connectivity index (χ0) is 22.5. The Balaban J connectivity index is 1.92. The monoisotopic (exact) mass is 443 g/mol. The molecule has 10 heteroatoms. The lowest BCUT2D eigenvalue weighted by Crippen LogP contribution is -2.52. The van der Waals surface area contributed by atoms with Crippen molar-refractivity contribution in [2.24, 2.45) is 5.92 Å². The van der Waals surface area contributed by atoms with E-state index in [4.69, 9.17) is 4.74 Å². The van der Waals surface area contributed by atoms with E-state index in [0.29, 0.717) is 0 Å². The lowest BCUT2D eigenvalue weighted by Gasteiger charge is -2.34. The number of benzene rings is 1. The van der Waals surface area contributed by atoms with Crippen LogP contribution in [0.4, 0.5) is 4.39 Å². The Morgan fingerprint density at radius 2 is 1.73 bits per heavy atom. The largest absolute Gasteiger partial charge is 0.373 e. The van der Waals surface area contributed by atoms with E-state index in [9.17, 15) is 22.4 Å². The molecule has 0 spiro atoms. The lowest BCUT2D eigenvalue weighted by molar-refractivity contribution is -0.123. The number of carbonyl (C=O) groups is 2. The van der Waals surface area contributed by atoms with Gasteiger partial charge in [-0.2, -0.15) is 4.31 Å². The number of amides is 2. The fraction of sp³-hybridized carbons (Fsp3) is 0.600. The number of nitrogens with zero attached hydrogens (tertiary/aromatic N) is 1. The highest BCUT2D eigenvalue weighted by molar-refractivity contribution is 7.89. The fourth-order valence-electron chi connectivity index (χ4n) is 3.26. The molecule has 1 fully saturated rings. The molecule has 0 saturated carbocycles. The highest BCUT2D eigenvalue weighted by Crippen LogP contribution is 2.14. The molecule has 1 saturated heterocycles. The minimum atomic E-state index is -3.55. The smallest absolute Gasteiger partial charge is 0.251 e. The molecule has 1 aliphatic heterocycles. The van der Waals surface area contributed by atoms with Crippen LogP contribution in [0.25, 0.3) is 0 Å². The minimum absolute atomic E-state index is 0.0725. The Kier molecular flexibility index (Phi) is 8.34. The van der Waals surface area contributed by atoms with Crippen molar-refractivity contribution >= 4 is 21.8 Å². The summed E-state index contributed by atoms with van der Waals surface area (Å²) in [6, 6.07) is 4.14. The molecule has 3 unspecified atom stereocenters. The number of hydrogen-bond acceptors (Lipinski definition) is 5. The first kappa shape index (κ1) is 24.2. The third-order valence-electron chi connectivity index (χ3n) is 4.78. The first-order valence-electron chi connectivity index (χ1n) is 9.97. The van der Waals surface area contributed by atoms with Crippen LogP contribution in [0.15, 0.2) is 24.3 Å². The molecule has 8 nitrogen and oxygen atoms in total. The molecule has 0 bridgehead atoms. The summed E-state index contributed by atoms with van der Waals surface area (Å²) in [5.41, 5.74) is 0.230. The van der Waals surface area contributed by atoms with Gasteiger partial charge in [0.05, 0.1) is 18.0 Å². The summed E-state index contributed by atoms with van der Waals surface area (Å²) in [5, 5.41) is 5.22. The van der Waals surface area contributed by atoms with E-state index in [1.165, 1.54) is 16.4 Å². The summed E-state index contributed by atoms with van der Waals surface area (Å²) in [4.78, 5) is 24.9. The van der Waals surface area contributed by atoms with E-state index >= 15 is 0 Å². The number of rotatable bonds is 8. The van der Waals surface area contributed by atoms with E-state index in [-0.39, 0.29) is 49.1 Å². The van der Waals surface area contributed by atoms with E-state index in [2.05, 4.69) is 10.6 Å². The SMILES string of the molecule is CC1CN(S(=O)(=O)CCNC(=O)C(NC(=O)c2ccc(F)cc2)C(C)C)CC(C)O1. The van der Waals surface area contributed by atoms with Crippen molar-refractivity contribution in [1.29, 1.82) is 0 Å². The summed E-state index contributed by atoms with van der Waals surface area (Å²) >= 11 is 0. The van der Waals surface area contributed by atoms with E-state index in [1.807, 2.05) is 13.8 Å². The zero-order valence-corrected chi connectivity index (χ0v) is 18.5. The van der Waals surface area contributed by atoms with Crippen LogP contribution in [0, 0.1) is 11.7 Å². The second kappa shape index (κ2) is 10.3. The van der Waals surface area contributed by atoms with Crippen molar-refractivity contribution in [3.05, 3.63) is 35.6 Å². The molecule has 2 rings (SSSR count). The standard InChI is InChI=1S/C20H30FN3O5S/c1-13(2)18(23-19(25)16-5-7-17(21)8-6-16)20(26)22-9-10-30(27,28)24-11-14(3)29-15(4)12-24/h5-8,13-15,18H,9-12H2,1-4H3,(H,22,26)(H,23,25). The van der Waals surface area contributed by atoms with Gasteiger partial charge in [-0.15, -0.1) is 0 Å². The van der Waals surface area contributed by atoms with Gasteiger partial charge in [0.15, 0.2) is 0 Å². The molecule has 2 N–H and O–H groups in total. The van der Waals surface area contributed by atoms with Crippen molar-refractivity contribution in [2.45, 2.75) is 45.9 Å². The number of ether oxygens (including phenoxy) is 1. The molecular weight excluding hydrogens is 413 g/mol. The summed E-state index contributed by atoms with van der Waals surface area (Å²) in [5.74, 6) is -1.91. The first-order chi connectivity index (χ1) is 14.0. The number of nitrogens with one attached hydrogen (secondary N) is 2. The van der Waals surface area contributed by atoms with Gasteiger partial charge in [0, 0.05) is 25.2 Å². The van der Waals surface area contributed by atoms with Crippen LogP contribution < -0.4 is 10.6 Å². The molecule has 0 aliphatic carbocycles. The minimum Gasteiger partial charge on any atom is -0.373 e. The quantitative estimate of drug-likeness (QED) is 0.627. The topological polar surface area (TPSA) is 105 Å². The van der Waals surface area contributed by atoms with Gasteiger partial charge in [-0.25, -0.2) is 12.8 Å². The van der Waals surface area contributed by atoms with Crippen molar-refractivity contribution in [2.75, 3.05) is 25.4 Å². The lowest BCUT2D eigenvalue weighted by atomic mass is 10.0. The average molecular weight is 444 g/mol. The Morgan fingerprint density at radius 1 is 1.17 bits per heavy atom. The maximum Gasteiger partial charge on any atom is 0.251 e. The molecule has 1 heterocycles. The van der Waals surface area contributed by atoms with E-state index < -0.39 is 33.7 Å². The number of halogens is 1. The Bertz CT molecular complexity index is 835. The molecule has 0 radical (unpaired) electrons. The molecule has 3 atom stereocenters. The predicted octanol–water partition coefficient (Wildman–Crippen LogP) is 1.14. The van der Waals surface area contributed by atoms with Crippen LogP contribution in [0.5, 0.6) is 0 Å². The van der Waals surface area contributed by atoms with Crippen molar-refractivity contribution in [1.82, 2.24) is 14.9 Å². The number of sulfonamides is 1. The Hall–Kier alpha value is -2.04. The molecule has 0 aromatic heterocycles. The first-order valence-corrected chi connectivity index (χ1v) is 11.6. The van der Waals surface area contributed by atoms with Crippen molar-refractivity contribution in [3.8, 4) is 0 Å². The van der Waals surface area contributed by atoms with Crippen molar-refractivity contribution in [3.63, 3.8) is 0 Å². The number of carbonyl (C=O) groups excluding carboxylic acids is 2. The van der Waals surface area contributed by atoms with Crippen LogP contribution in [0.1, 0.15) is 38.1 Å². The maximum atomic E-state index is 13.0. The van der Waals surface area contributed by atoms with Gasteiger partial charge >= 0.3 is 0 Å². The van der Waals surface area contributed by atoms with Gasteiger partial charge in [0.25, 0.3) is 5.91 Å². The molecule has 1 aliphatic rings. The van der Waals surface area contributed by atoms with Gasteiger partial charge in [0.1, 0.15) is 11.9 Å². The molecule has 1 aromatic carbocycles. The van der Waals surface area contributed by atoms with Gasteiger partial charge < -0.3 is 15.4 Å². The third-order valence-corrected chi connectivity index (χ3v) is 6.59. The molecular formula is C20H30FN3O5S. The number of hydrogen-bond donors (Lipinski definition) is 2. The van der Waals surface area contributed by atoms with Gasteiger partial charge in [-0.05, 0) is 44.0 Å². The van der Waals surface area contributed by atoms with E-state index in [1.54, 1.807) is 13.8 Å². The molecule has 2 amide bonds. The summed E-state index contributed by atoms with van der Waals surface area (Å²) in [6.45, 7) is 7.65. The third kappa shape index (κ3) is 6.75. The normalized spacial score (nSPS) is 21.3. The second-order valence-electron chi connectivity index (χ2n) is 7.88. The Labute approximate surface area is 177 Å². The van der Waals surface area contributed by atoms with Crippen molar-refractivity contribution < 1.29 is 27.1 Å². The fourth-order valence-corrected chi connectivity index (χ4v) is 4.75. The van der Waals surface area contributed by atoms with Gasteiger partial charge in [-0.3, -0.25) is 9.59 Å². The van der Waals surface area contributed by atoms with Gasteiger partial charge in [-0.1, -0.05) is 13.8 Å². The zero-order valence-electron chi connectivity index (χ0n) is 17.7. The average Bonchev–Trinajstić information content (AvgIpc) is 2.65. The number of morpholine rings is 1. The summed E-state index contributed by atoms with van der Waals surface area (Å²) in [7, 11) is -3.55. The second-order valence-corrected chi connectivity index (χ2v) is 9.97. The highest BCUT2D eigenvalue weighted by Gasteiger charge is 2.31. The van der Waals surface area contributed by atoms with Gasteiger partial charge in [0.2, 0.25) is 15.9 Å². The van der Waals surface area contributed by atoms with Crippen LogP contribution in [0.3, 0.4) is 0 Å².